The molecule has 0 aromatic carbocycles. The number of hydrogen-bond acceptors (Lipinski definition) is 6. The fourth-order valence-electron chi connectivity index (χ4n) is 3.17. The van der Waals surface area contributed by atoms with E-state index in [0.717, 1.165) is 41.3 Å². The number of aromatic nitrogens is 2. The number of nitrogens with zero attached hydrogens (tertiary/aromatic N) is 3. The van der Waals surface area contributed by atoms with Crippen molar-refractivity contribution in [2.75, 3.05) is 19.6 Å². The van der Waals surface area contributed by atoms with Gasteiger partial charge in [0.05, 0.1) is 12.3 Å². The van der Waals surface area contributed by atoms with Gasteiger partial charge in [-0.05, 0) is 38.1 Å². The molecular formula is C16H22N4O5S. The van der Waals surface area contributed by atoms with Crippen LogP contribution < -0.4 is 16.0 Å². The molecule has 26 heavy (non-hydrogen) atoms. The van der Waals surface area contributed by atoms with E-state index >= 15 is 0 Å². The molecule has 0 amide bonds. The summed E-state index contributed by atoms with van der Waals surface area (Å²) in [6.45, 7) is 1.78. The SMILES string of the molecule is Cn1cc(S(=O)(=O)NCC(c2ccco2)N2CCCC2)c(=O)n(C)c1=O. The van der Waals surface area contributed by atoms with E-state index in [-0.39, 0.29) is 12.6 Å². The third kappa shape index (κ3) is 3.53. The van der Waals surface area contributed by atoms with E-state index in [2.05, 4.69) is 9.62 Å². The molecule has 0 aliphatic carbocycles. The van der Waals surface area contributed by atoms with Crippen molar-refractivity contribution in [2.24, 2.45) is 14.1 Å². The van der Waals surface area contributed by atoms with Crippen LogP contribution in [0.4, 0.5) is 0 Å². The smallest absolute Gasteiger partial charge is 0.330 e. The number of hydrogen-bond donors (Lipinski definition) is 1. The van der Waals surface area contributed by atoms with Gasteiger partial charge < -0.3 is 8.98 Å². The van der Waals surface area contributed by atoms with Crippen LogP contribution in [0.1, 0.15) is 24.6 Å². The largest absolute Gasteiger partial charge is 0.468 e. The molecule has 1 atom stereocenters. The van der Waals surface area contributed by atoms with Gasteiger partial charge >= 0.3 is 5.69 Å². The topological polar surface area (TPSA) is 107 Å². The summed E-state index contributed by atoms with van der Waals surface area (Å²) in [4.78, 5) is 25.7. The fourth-order valence-corrected chi connectivity index (χ4v) is 4.37. The molecule has 142 valence electrons. The number of sulfonamides is 1. The summed E-state index contributed by atoms with van der Waals surface area (Å²) in [7, 11) is -1.43. The van der Waals surface area contributed by atoms with Crippen molar-refractivity contribution >= 4 is 10.0 Å². The lowest BCUT2D eigenvalue weighted by Crippen LogP contribution is -2.43. The molecule has 0 saturated carbocycles. The first-order chi connectivity index (χ1) is 12.3. The molecule has 1 saturated heterocycles. The van der Waals surface area contributed by atoms with Gasteiger partial charge in [-0.15, -0.1) is 0 Å². The van der Waals surface area contributed by atoms with Crippen molar-refractivity contribution in [1.29, 1.82) is 0 Å². The Labute approximate surface area is 150 Å². The van der Waals surface area contributed by atoms with Gasteiger partial charge in [0.15, 0.2) is 4.90 Å². The van der Waals surface area contributed by atoms with E-state index in [9.17, 15) is 18.0 Å². The Morgan fingerprint density at radius 3 is 2.54 bits per heavy atom. The summed E-state index contributed by atoms with van der Waals surface area (Å²) >= 11 is 0. The second-order valence-electron chi connectivity index (χ2n) is 6.38. The normalized spacial score (nSPS) is 16.8. The van der Waals surface area contributed by atoms with Crippen molar-refractivity contribution in [3.8, 4) is 0 Å². The van der Waals surface area contributed by atoms with E-state index in [0.29, 0.717) is 5.76 Å². The zero-order valence-corrected chi connectivity index (χ0v) is 15.5. The number of aryl methyl sites for hydroxylation is 1. The van der Waals surface area contributed by atoms with Gasteiger partial charge in [-0.2, -0.15) is 0 Å². The van der Waals surface area contributed by atoms with Gasteiger partial charge in [0.1, 0.15) is 5.76 Å². The van der Waals surface area contributed by atoms with Crippen LogP contribution in [0.2, 0.25) is 0 Å². The van der Waals surface area contributed by atoms with Crippen molar-refractivity contribution in [3.05, 3.63) is 51.2 Å². The number of nitrogens with one attached hydrogen (secondary N) is 1. The minimum absolute atomic E-state index is 0.0713. The summed E-state index contributed by atoms with van der Waals surface area (Å²) < 4.78 is 35.2. The number of likely N-dealkylation sites (tertiary alicyclic amines) is 1. The van der Waals surface area contributed by atoms with Crippen LogP contribution in [0.15, 0.2) is 43.5 Å². The van der Waals surface area contributed by atoms with E-state index in [1.807, 2.05) is 6.07 Å². The molecule has 0 bridgehead atoms. The lowest BCUT2D eigenvalue weighted by atomic mass is 10.2. The average molecular weight is 382 g/mol. The Morgan fingerprint density at radius 2 is 1.92 bits per heavy atom. The van der Waals surface area contributed by atoms with E-state index in [1.54, 1.807) is 12.3 Å². The first-order valence-electron chi connectivity index (χ1n) is 8.35. The lowest BCUT2D eigenvalue weighted by molar-refractivity contribution is 0.216. The second kappa shape index (κ2) is 7.22. The Bertz CT molecular complexity index is 985. The molecule has 0 radical (unpaired) electrons. The highest BCUT2D eigenvalue weighted by Gasteiger charge is 2.28. The van der Waals surface area contributed by atoms with Gasteiger partial charge in [-0.1, -0.05) is 0 Å². The van der Waals surface area contributed by atoms with Gasteiger partial charge in [-0.3, -0.25) is 14.3 Å². The molecule has 2 aromatic rings. The van der Waals surface area contributed by atoms with Crippen LogP contribution in [0.25, 0.3) is 0 Å². The van der Waals surface area contributed by atoms with Crippen LogP contribution in [0.5, 0.6) is 0 Å². The maximum Gasteiger partial charge on any atom is 0.330 e. The van der Waals surface area contributed by atoms with Gasteiger partial charge in [0.25, 0.3) is 5.56 Å². The first kappa shape index (κ1) is 18.6. The highest BCUT2D eigenvalue weighted by atomic mass is 32.2. The molecule has 9 nitrogen and oxygen atoms in total. The van der Waals surface area contributed by atoms with Crippen molar-refractivity contribution < 1.29 is 12.8 Å². The quantitative estimate of drug-likeness (QED) is 0.741. The van der Waals surface area contributed by atoms with Gasteiger partial charge in [0.2, 0.25) is 10.0 Å². The minimum atomic E-state index is -4.08. The Balaban J connectivity index is 1.87. The lowest BCUT2D eigenvalue weighted by Gasteiger charge is -2.25. The molecule has 10 heteroatoms. The number of furan rings is 1. The predicted octanol–water partition coefficient (Wildman–Crippen LogP) is -0.208. The highest BCUT2D eigenvalue weighted by Crippen LogP contribution is 2.25. The number of rotatable bonds is 6. The summed E-state index contributed by atoms with van der Waals surface area (Å²) in [5.74, 6) is 0.669. The third-order valence-corrected chi connectivity index (χ3v) is 6.03. The van der Waals surface area contributed by atoms with Crippen molar-refractivity contribution in [2.45, 2.75) is 23.8 Å². The maximum atomic E-state index is 12.7. The summed E-state index contributed by atoms with van der Waals surface area (Å²) in [5.41, 5.74) is -1.43. The van der Waals surface area contributed by atoms with Crippen LogP contribution in [-0.2, 0) is 24.1 Å². The van der Waals surface area contributed by atoms with Crippen LogP contribution in [-0.4, -0.2) is 42.1 Å². The van der Waals surface area contributed by atoms with E-state index < -0.39 is 26.2 Å². The van der Waals surface area contributed by atoms with Crippen LogP contribution >= 0.6 is 0 Å². The molecule has 3 rings (SSSR count). The molecule has 1 N–H and O–H groups in total. The molecule has 1 aliphatic heterocycles. The molecular weight excluding hydrogens is 360 g/mol. The van der Waals surface area contributed by atoms with Gasteiger partial charge in [0, 0.05) is 26.8 Å². The molecule has 1 fully saturated rings. The summed E-state index contributed by atoms with van der Waals surface area (Å²) in [6.07, 6.45) is 4.69. The first-order valence-corrected chi connectivity index (χ1v) is 9.83. The molecule has 2 aromatic heterocycles. The molecule has 1 aliphatic rings. The van der Waals surface area contributed by atoms with Crippen LogP contribution in [0, 0.1) is 0 Å². The zero-order chi connectivity index (χ0) is 18.9. The van der Waals surface area contributed by atoms with E-state index in [4.69, 9.17) is 4.42 Å². The van der Waals surface area contributed by atoms with Gasteiger partial charge in [-0.25, -0.2) is 17.9 Å². The predicted molar refractivity (Wildman–Crippen MR) is 94.4 cm³/mol. The van der Waals surface area contributed by atoms with E-state index in [1.165, 1.54) is 14.1 Å². The molecule has 3 heterocycles. The highest BCUT2D eigenvalue weighted by molar-refractivity contribution is 7.89. The zero-order valence-electron chi connectivity index (χ0n) is 14.7. The monoisotopic (exact) mass is 382 g/mol. The Hall–Kier alpha value is -2.17. The van der Waals surface area contributed by atoms with Crippen LogP contribution in [0.3, 0.4) is 0 Å². The second-order valence-corrected chi connectivity index (χ2v) is 8.11. The maximum absolute atomic E-state index is 12.7. The standard InChI is InChI=1S/C16H22N4O5S/c1-18-11-14(15(21)19(2)16(18)22)26(23,24)17-10-12(13-6-5-9-25-13)20-7-3-4-8-20/h5-6,9,11-12,17H,3-4,7-8,10H2,1-2H3. The molecule has 0 spiro atoms. The Kier molecular flexibility index (Phi) is 5.17. The Morgan fingerprint density at radius 1 is 1.23 bits per heavy atom. The fraction of sp³-hybridized carbons (Fsp3) is 0.500. The molecule has 1 unspecified atom stereocenters. The third-order valence-electron chi connectivity index (χ3n) is 4.62. The van der Waals surface area contributed by atoms with Crippen molar-refractivity contribution in [1.82, 2.24) is 18.8 Å². The summed E-state index contributed by atoms with van der Waals surface area (Å²) in [6, 6.07) is 3.32. The summed E-state index contributed by atoms with van der Waals surface area (Å²) in [5, 5.41) is 0. The van der Waals surface area contributed by atoms with Crippen molar-refractivity contribution in [3.63, 3.8) is 0 Å². The average Bonchev–Trinajstić information content (AvgIpc) is 3.30. The minimum Gasteiger partial charge on any atom is -0.468 e.